The molecule has 0 saturated heterocycles. The van der Waals surface area contributed by atoms with Crippen LogP contribution in [0.3, 0.4) is 0 Å². The van der Waals surface area contributed by atoms with Gasteiger partial charge in [-0.2, -0.15) is 0 Å². The van der Waals surface area contributed by atoms with Crippen LogP contribution in [0.15, 0.2) is 194 Å². The van der Waals surface area contributed by atoms with Gasteiger partial charge in [0.05, 0.1) is 16.8 Å². The molecule has 2 aromatic heterocycles. The predicted molar refractivity (Wildman–Crippen MR) is 234 cm³/mol. The molecule has 0 radical (unpaired) electrons. The van der Waals surface area contributed by atoms with Crippen molar-refractivity contribution in [2.75, 3.05) is 0 Å². The molecule has 0 fully saturated rings. The van der Waals surface area contributed by atoms with Gasteiger partial charge in [-0.05, 0) is 75.8 Å². The van der Waals surface area contributed by atoms with Crippen molar-refractivity contribution in [3.05, 3.63) is 216 Å². The van der Waals surface area contributed by atoms with Crippen molar-refractivity contribution in [1.29, 1.82) is 0 Å². The normalized spacial score (nSPS) is 13.2. The summed E-state index contributed by atoms with van der Waals surface area (Å²) in [4.78, 5) is 10.5. The predicted octanol–water partition coefficient (Wildman–Crippen LogP) is 14.0. The van der Waals surface area contributed by atoms with Crippen LogP contribution in [0.2, 0.25) is 0 Å². The molecule has 3 nitrogen and oxygen atoms in total. The van der Waals surface area contributed by atoms with Crippen LogP contribution in [-0.2, 0) is 5.41 Å². The van der Waals surface area contributed by atoms with Crippen LogP contribution < -0.4 is 4.74 Å². The molecule has 3 heterocycles. The second kappa shape index (κ2) is 12.4. The summed E-state index contributed by atoms with van der Waals surface area (Å²) in [7, 11) is 0. The molecule has 0 unspecified atom stereocenters. The summed E-state index contributed by atoms with van der Waals surface area (Å²) in [5.41, 5.74) is 13.9. The van der Waals surface area contributed by atoms with Crippen LogP contribution >= 0.6 is 11.3 Å². The van der Waals surface area contributed by atoms with Crippen LogP contribution in [0.25, 0.3) is 76.3 Å². The number of ether oxygens (including phenoxy) is 1. The van der Waals surface area contributed by atoms with Gasteiger partial charge in [-0.1, -0.05) is 152 Å². The Labute approximate surface area is 334 Å². The van der Waals surface area contributed by atoms with Gasteiger partial charge in [0.25, 0.3) is 0 Å². The molecule has 12 rings (SSSR count). The summed E-state index contributed by atoms with van der Waals surface area (Å²) in [5, 5.41) is 2.56. The number of fused-ring (bicyclic) bond motifs is 12. The minimum Gasteiger partial charge on any atom is -0.457 e. The summed E-state index contributed by atoms with van der Waals surface area (Å²) in [5.74, 6) is 2.46. The van der Waals surface area contributed by atoms with E-state index in [-0.39, 0.29) is 0 Å². The van der Waals surface area contributed by atoms with Crippen molar-refractivity contribution in [2.45, 2.75) is 5.41 Å². The maximum atomic E-state index is 6.71. The topological polar surface area (TPSA) is 35.0 Å². The van der Waals surface area contributed by atoms with E-state index in [4.69, 9.17) is 14.7 Å². The molecule has 8 aromatic carbocycles. The van der Waals surface area contributed by atoms with Crippen molar-refractivity contribution in [2.24, 2.45) is 0 Å². The number of hydrogen-bond acceptors (Lipinski definition) is 4. The van der Waals surface area contributed by atoms with Crippen molar-refractivity contribution in [3.8, 4) is 67.7 Å². The minimum atomic E-state index is -0.525. The third-order valence-electron chi connectivity index (χ3n) is 11.8. The van der Waals surface area contributed by atoms with E-state index in [1.54, 1.807) is 0 Å². The van der Waals surface area contributed by atoms with Crippen LogP contribution in [0, 0.1) is 0 Å². The molecule has 0 atom stereocenters. The monoisotopic (exact) mass is 744 g/mol. The first-order valence-corrected chi connectivity index (χ1v) is 20.1. The molecule has 266 valence electrons. The number of nitrogens with zero attached hydrogens (tertiary/aromatic N) is 2. The summed E-state index contributed by atoms with van der Waals surface area (Å²) < 4.78 is 9.26. The Morgan fingerprint density at radius 1 is 0.368 bits per heavy atom. The zero-order chi connectivity index (χ0) is 37.5. The standard InChI is InChI=1S/C53H32N2OS/c1-2-13-33(14-3-1)46-32-47(36-25-27-41-40-19-6-11-24-50(40)57-51(41)31-36)55-52(54-46)37-16-12-15-34(29-37)35-26-28-49-45(30-35)53(44-22-9-10-23-48(44)56-49)42-20-7-4-17-38(42)39-18-5-8-21-43(39)53/h1-32H. The van der Waals surface area contributed by atoms with E-state index < -0.39 is 5.41 Å². The first-order chi connectivity index (χ1) is 28.2. The molecule has 0 amide bonds. The van der Waals surface area contributed by atoms with Gasteiger partial charge in [0.1, 0.15) is 11.5 Å². The van der Waals surface area contributed by atoms with Gasteiger partial charge in [0.2, 0.25) is 0 Å². The van der Waals surface area contributed by atoms with Gasteiger partial charge < -0.3 is 4.74 Å². The highest BCUT2D eigenvalue weighted by Gasteiger charge is 2.51. The highest BCUT2D eigenvalue weighted by Crippen LogP contribution is 2.62. The molecule has 4 heteroatoms. The quantitative estimate of drug-likeness (QED) is 0.180. The number of rotatable bonds is 4. The first kappa shape index (κ1) is 32.1. The fraction of sp³-hybridized carbons (Fsp3) is 0.0189. The van der Waals surface area contributed by atoms with Crippen LogP contribution in [0.1, 0.15) is 22.3 Å². The molecule has 1 aliphatic heterocycles. The molecule has 1 spiro atoms. The van der Waals surface area contributed by atoms with Crippen molar-refractivity contribution >= 4 is 31.5 Å². The number of hydrogen-bond donors (Lipinski definition) is 0. The molecular formula is C53H32N2OS. The van der Waals surface area contributed by atoms with Gasteiger partial charge in [0.15, 0.2) is 5.82 Å². The van der Waals surface area contributed by atoms with E-state index in [9.17, 15) is 0 Å². The maximum Gasteiger partial charge on any atom is 0.160 e. The molecular weight excluding hydrogens is 713 g/mol. The van der Waals surface area contributed by atoms with E-state index in [0.29, 0.717) is 5.82 Å². The molecule has 57 heavy (non-hydrogen) atoms. The Balaban J connectivity index is 1.02. The SMILES string of the molecule is c1ccc(-c2cc(-c3ccc4c(c3)sc3ccccc34)nc(-c3cccc(-c4ccc5c(c4)C4(c6ccccc6O5)c5ccccc5-c5ccccc54)c3)n2)cc1. The third-order valence-corrected chi connectivity index (χ3v) is 12.9. The largest absolute Gasteiger partial charge is 0.457 e. The third kappa shape index (κ3) is 4.84. The Morgan fingerprint density at radius 3 is 1.79 bits per heavy atom. The van der Waals surface area contributed by atoms with E-state index >= 15 is 0 Å². The second-order valence-electron chi connectivity index (χ2n) is 14.9. The Kier molecular flexibility index (Phi) is 7.01. The lowest BCUT2D eigenvalue weighted by molar-refractivity contribution is 0.436. The van der Waals surface area contributed by atoms with Crippen molar-refractivity contribution in [3.63, 3.8) is 0 Å². The minimum absolute atomic E-state index is 0.525. The van der Waals surface area contributed by atoms with Crippen LogP contribution in [-0.4, -0.2) is 9.97 Å². The van der Waals surface area contributed by atoms with E-state index in [0.717, 1.165) is 61.8 Å². The van der Waals surface area contributed by atoms with Gasteiger partial charge in [-0.15, -0.1) is 11.3 Å². The van der Waals surface area contributed by atoms with Gasteiger partial charge in [-0.25, -0.2) is 9.97 Å². The smallest absolute Gasteiger partial charge is 0.160 e. The zero-order valence-electron chi connectivity index (χ0n) is 30.7. The lowest BCUT2D eigenvalue weighted by Gasteiger charge is -2.39. The number of para-hydroxylation sites is 1. The number of thiophene rings is 1. The molecule has 0 saturated carbocycles. The molecule has 1 aliphatic carbocycles. The summed E-state index contributed by atoms with van der Waals surface area (Å²) >= 11 is 1.82. The number of benzene rings is 8. The highest BCUT2D eigenvalue weighted by molar-refractivity contribution is 7.25. The lowest BCUT2D eigenvalue weighted by Crippen LogP contribution is -2.32. The van der Waals surface area contributed by atoms with Gasteiger partial charge >= 0.3 is 0 Å². The number of aromatic nitrogens is 2. The molecule has 0 bridgehead atoms. The summed E-state index contributed by atoms with van der Waals surface area (Å²) in [6, 6.07) is 69.4. The first-order valence-electron chi connectivity index (χ1n) is 19.3. The van der Waals surface area contributed by atoms with Crippen LogP contribution in [0.5, 0.6) is 11.5 Å². The van der Waals surface area contributed by atoms with Gasteiger partial charge in [0, 0.05) is 48.0 Å². The fourth-order valence-electron chi connectivity index (χ4n) is 9.24. The summed E-state index contributed by atoms with van der Waals surface area (Å²) in [6.07, 6.45) is 0. The molecule has 0 N–H and O–H groups in total. The Morgan fingerprint density at radius 2 is 0.965 bits per heavy atom. The van der Waals surface area contributed by atoms with Gasteiger partial charge in [-0.3, -0.25) is 0 Å². The fourth-order valence-corrected chi connectivity index (χ4v) is 10.4. The van der Waals surface area contributed by atoms with E-state index in [2.05, 4.69) is 188 Å². The lowest BCUT2D eigenvalue weighted by atomic mass is 9.66. The van der Waals surface area contributed by atoms with E-state index in [1.165, 1.54) is 42.4 Å². The Hall–Kier alpha value is -7.14. The maximum absolute atomic E-state index is 6.71. The average molecular weight is 745 g/mol. The van der Waals surface area contributed by atoms with E-state index in [1.807, 2.05) is 17.4 Å². The summed E-state index contributed by atoms with van der Waals surface area (Å²) in [6.45, 7) is 0. The average Bonchev–Trinajstić information content (AvgIpc) is 3.80. The highest BCUT2D eigenvalue weighted by atomic mass is 32.1. The van der Waals surface area contributed by atoms with Crippen molar-refractivity contribution in [1.82, 2.24) is 9.97 Å². The Bertz CT molecular complexity index is 3190. The van der Waals surface area contributed by atoms with Crippen LogP contribution in [0.4, 0.5) is 0 Å². The second-order valence-corrected chi connectivity index (χ2v) is 16.0. The zero-order valence-corrected chi connectivity index (χ0v) is 31.5. The van der Waals surface area contributed by atoms with Crippen molar-refractivity contribution < 1.29 is 4.74 Å². The molecule has 2 aliphatic rings. The molecule has 10 aromatic rings.